The van der Waals surface area contributed by atoms with Gasteiger partial charge in [0.05, 0.1) is 13.2 Å². The summed E-state index contributed by atoms with van der Waals surface area (Å²) in [6.07, 6.45) is 0.989. The lowest BCUT2D eigenvalue weighted by Gasteiger charge is -2.22. The van der Waals surface area contributed by atoms with Gasteiger partial charge >= 0.3 is 0 Å². The van der Waals surface area contributed by atoms with Crippen molar-refractivity contribution in [2.24, 2.45) is 0 Å². The third-order valence-electron chi connectivity index (χ3n) is 3.54. The number of amides is 1. The Labute approximate surface area is 108 Å². The van der Waals surface area contributed by atoms with Gasteiger partial charge in [0.25, 0.3) is 0 Å². The second-order valence-corrected chi connectivity index (χ2v) is 4.86. The van der Waals surface area contributed by atoms with Gasteiger partial charge in [-0.05, 0) is 36.6 Å². The molecule has 1 amide bonds. The van der Waals surface area contributed by atoms with Crippen LogP contribution in [0, 0.1) is 6.92 Å². The van der Waals surface area contributed by atoms with Gasteiger partial charge in [-0.1, -0.05) is 6.07 Å². The molecule has 1 aliphatic rings. The molecule has 1 N–H and O–H groups in total. The van der Waals surface area contributed by atoms with Crippen LogP contribution in [0.4, 0.5) is 5.69 Å². The number of carbonyl (C=O) groups excluding carboxylic acids is 1. The highest BCUT2D eigenvalue weighted by Gasteiger charge is 2.19. The number of nitrogens with zero attached hydrogens (tertiary/aromatic N) is 2. The predicted octanol–water partition coefficient (Wildman–Crippen LogP) is 1.16. The van der Waals surface area contributed by atoms with Gasteiger partial charge in [0.15, 0.2) is 0 Å². The van der Waals surface area contributed by atoms with Gasteiger partial charge in [-0.25, -0.2) is 0 Å². The molecule has 0 aromatic heterocycles. The first-order valence-corrected chi connectivity index (χ1v) is 6.31. The summed E-state index contributed by atoms with van der Waals surface area (Å²) in [5.74, 6) is 0.163. The van der Waals surface area contributed by atoms with Gasteiger partial charge in [-0.2, -0.15) is 0 Å². The van der Waals surface area contributed by atoms with Crippen molar-refractivity contribution in [3.63, 3.8) is 0 Å². The van der Waals surface area contributed by atoms with E-state index in [9.17, 15) is 4.79 Å². The normalized spacial score (nSPS) is 16.9. The molecule has 1 fully saturated rings. The van der Waals surface area contributed by atoms with E-state index < -0.39 is 0 Å². The Hall–Kier alpha value is -1.55. The minimum absolute atomic E-state index is 0.0633. The van der Waals surface area contributed by atoms with Gasteiger partial charge in [0.2, 0.25) is 5.91 Å². The van der Waals surface area contributed by atoms with Gasteiger partial charge in [-0.15, -0.1) is 0 Å². The molecule has 0 saturated carbocycles. The molecule has 4 nitrogen and oxygen atoms in total. The third kappa shape index (κ3) is 2.64. The van der Waals surface area contributed by atoms with Crippen LogP contribution in [0.3, 0.4) is 0 Å². The first-order chi connectivity index (χ1) is 8.61. The molecule has 98 valence electrons. The third-order valence-corrected chi connectivity index (χ3v) is 3.54. The maximum atomic E-state index is 11.9. The highest BCUT2D eigenvalue weighted by Crippen LogP contribution is 2.20. The van der Waals surface area contributed by atoms with Gasteiger partial charge in [0, 0.05) is 25.8 Å². The van der Waals surface area contributed by atoms with Crippen LogP contribution in [-0.4, -0.2) is 42.6 Å². The quantitative estimate of drug-likeness (QED) is 0.854. The minimum atomic E-state index is 0.0633. The van der Waals surface area contributed by atoms with Gasteiger partial charge in [-0.3, -0.25) is 4.79 Å². The molecule has 0 atom stereocenters. The molecule has 0 radical (unpaired) electrons. The van der Waals surface area contributed by atoms with E-state index in [1.165, 1.54) is 0 Å². The molecular formula is C14H20N2O2. The van der Waals surface area contributed by atoms with E-state index in [4.69, 9.17) is 5.11 Å². The summed E-state index contributed by atoms with van der Waals surface area (Å²) in [5.41, 5.74) is 3.07. The van der Waals surface area contributed by atoms with E-state index in [0.29, 0.717) is 6.54 Å². The summed E-state index contributed by atoms with van der Waals surface area (Å²) in [4.78, 5) is 15.7. The first kappa shape index (κ1) is 12.9. The monoisotopic (exact) mass is 248 g/mol. The molecule has 0 unspecified atom stereocenters. The van der Waals surface area contributed by atoms with Crippen LogP contribution in [0.25, 0.3) is 0 Å². The fourth-order valence-corrected chi connectivity index (χ4v) is 2.26. The highest BCUT2D eigenvalue weighted by molar-refractivity contribution is 5.81. The molecule has 1 aliphatic heterocycles. The number of hydrogen-bond donors (Lipinski definition) is 1. The summed E-state index contributed by atoms with van der Waals surface area (Å²) < 4.78 is 0. The van der Waals surface area contributed by atoms with Crippen LogP contribution >= 0.6 is 0 Å². The van der Waals surface area contributed by atoms with Crippen LogP contribution < -0.4 is 4.90 Å². The lowest BCUT2D eigenvalue weighted by Crippen LogP contribution is -2.34. The molecule has 0 aliphatic carbocycles. The number of benzene rings is 1. The molecule has 0 bridgehead atoms. The Morgan fingerprint density at radius 3 is 2.78 bits per heavy atom. The van der Waals surface area contributed by atoms with E-state index in [-0.39, 0.29) is 12.5 Å². The largest absolute Gasteiger partial charge is 0.392 e. The Balaban J connectivity index is 2.20. The maximum absolute atomic E-state index is 11.9. The van der Waals surface area contributed by atoms with Crippen molar-refractivity contribution < 1.29 is 9.90 Å². The van der Waals surface area contributed by atoms with Crippen molar-refractivity contribution >= 4 is 11.6 Å². The molecule has 4 heteroatoms. The lowest BCUT2D eigenvalue weighted by atomic mass is 10.1. The van der Waals surface area contributed by atoms with Crippen LogP contribution in [-0.2, 0) is 11.4 Å². The number of hydrogen-bond acceptors (Lipinski definition) is 3. The summed E-state index contributed by atoms with van der Waals surface area (Å²) in [7, 11) is 1.85. The van der Waals surface area contributed by atoms with E-state index in [1.54, 1.807) is 4.90 Å². The summed E-state index contributed by atoms with van der Waals surface area (Å²) in [6, 6.07) is 5.96. The Bertz CT molecular complexity index is 445. The Morgan fingerprint density at radius 2 is 2.11 bits per heavy atom. The van der Waals surface area contributed by atoms with Crippen molar-refractivity contribution in [2.75, 3.05) is 31.6 Å². The second-order valence-electron chi connectivity index (χ2n) is 4.86. The standard InChI is InChI=1S/C14H20N2O2/c1-11-8-13(5-4-12(11)10-17)16-7-3-6-15(2)14(18)9-16/h4-5,8,17H,3,6-7,9-10H2,1-2H3. The highest BCUT2D eigenvalue weighted by atomic mass is 16.3. The topological polar surface area (TPSA) is 43.8 Å². The van der Waals surface area contributed by atoms with Crippen molar-refractivity contribution in [3.8, 4) is 0 Å². The molecular weight excluding hydrogens is 228 g/mol. The number of aliphatic hydroxyl groups excluding tert-OH is 1. The fourth-order valence-electron chi connectivity index (χ4n) is 2.26. The first-order valence-electron chi connectivity index (χ1n) is 6.31. The van der Waals surface area contributed by atoms with Gasteiger partial charge < -0.3 is 14.9 Å². The van der Waals surface area contributed by atoms with Crippen molar-refractivity contribution in [1.29, 1.82) is 0 Å². The minimum Gasteiger partial charge on any atom is -0.392 e. The van der Waals surface area contributed by atoms with E-state index in [1.807, 2.05) is 32.2 Å². The maximum Gasteiger partial charge on any atom is 0.241 e. The molecule has 1 heterocycles. The number of aryl methyl sites for hydroxylation is 1. The van der Waals surface area contributed by atoms with Crippen LogP contribution in [0.15, 0.2) is 18.2 Å². The van der Waals surface area contributed by atoms with E-state index >= 15 is 0 Å². The zero-order chi connectivity index (χ0) is 13.1. The van der Waals surface area contributed by atoms with Crippen LogP contribution in [0.1, 0.15) is 17.5 Å². The molecule has 1 saturated heterocycles. The SMILES string of the molecule is Cc1cc(N2CCCN(C)C(=O)C2)ccc1CO. The zero-order valence-electron chi connectivity index (χ0n) is 11.0. The predicted molar refractivity (Wildman–Crippen MR) is 71.6 cm³/mol. The van der Waals surface area contributed by atoms with Gasteiger partial charge in [0.1, 0.15) is 0 Å². The second kappa shape index (κ2) is 5.40. The summed E-state index contributed by atoms with van der Waals surface area (Å²) in [6.45, 7) is 4.21. The molecule has 0 spiro atoms. The number of rotatable bonds is 2. The molecule has 18 heavy (non-hydrogen) atoms. The average molecular weight is 248 g/mol. The lowest BCUT2D eigenvalue weighted by molar-refractivity contribution is -0.127. The zero-order valence-corrected chi connectivity index (χ0v) is 11.0. The number of anilines is 1. The Morgan fingerprint density at radius 1 is 1.33 bits per heavy atom. The number of likely N-dealkylation sites (N-methyl/N-ethyl adjacent to an activating group) is 1. The summed E-state index contributed by atoms with van der Waals surface area (Å²) >= 11 is 0. The van der Waals surface area contributed by atoms with Crippen LogP contribution in [0.2, 0.25) is 0 Å². The van der Waals surface area contributed by atoms with E-state index in [0.717, 1.165) is 36.3 Å². The molecule has 1 aromatic carbocycles. The van der Waals surface area contributed by atoms with Crippen molar-refractivity contribution in [3.05, 3.63) is 29.3 Å². The summed E-state index contributed by atoms with van der Waals surface area (Å²) in [5, 5.41) is 9.17. The fraction of sp³-hybridized carbons (Fsp3) is 0.500. The average Bonchev–Trinajstić information content (AvgIpc) is 2.52. The van der Waals surface area contributed by atoms with Crippen LogP contribution in [0.5, 0.6) is 0 Å². The van der Waals surface area contributed by atoms with Crippen molar-refractivity contribution in [2.45, 2.75) is 20.0 Å². The number of carbonyl (C=O) groups is 1. The smallest absolute Gasteiger partial charge is 0.241 e. The molecule has 2 rings (SSSR count). The van der Waals surface area contributed by atoms with Crippen molar-refractivity contribution in [1.82, 2.24) is 4.90 Å². The number of aliphatic hydroxyl groups is 1. The Kier molecular flexibility index (Phi) is 3.87. The van der Waals surface area contributed by atoms with E-state index in [2.05, 4.69) is 4.90 Å². The molecule has 1 aromatic rings.